The van der Waals surface area contributed by atoms with E-state index in [1.807, 2.05) is 6.92 Å². The summed E-state index contributed by atoms with van der Waals surface area (Å²) >= 11 is 0. The van der Waals surface area contributed by atoms with E-state index in [1.54, 1.807) is 6.92 Å². The van der Waals surface area contributed by atoms with Gasteiger partial charge in [0.25, 0.3) is 5.91 Å². The molecule has 0 unspecified atom stereocenters. The maximum Gasteiger partial charge on any atom is 0.350 e. The van der Waals surface area contributed by atoms with Crippen LogP contribution in [0.4, 0.5) is 18.9 Å². The fourth-order valence-electron chi connectivity index (χ4n) is 3.70. The van der Waals surface area contributed by atoms with Crippen molar-refractivity contribution in [3.8, 4) is 11.4 Å². The molecule has 3 aromatic rings. The molecule has 2 heterocycles. The van der Waals surface area contributed by atoms with Gasteiger partial charge in [-0.1, -0.05) is 19.4 Å². The Labute approximate surface area is 192 Å². The van der Waals surface area contributed by atoms with Crippen LogP contribution in [0.1, 0.15) is 42.9 Å². The van der Waals surface area contributed by atoms with Crippen molar-refractivity contribution in [3.63, 3.8) is 0 Å². The average Bonchev–Trinajstić information content (AvgIpc) is 3.14. The molecule has 2 aromatic carbocycles. The summed E-state index contributed by atoms with van der Waals surface area (Å²) in [4.78, 5) is 25.7. The zero-order valence-corrected chi connectivity index (χ0v) is 18.6. The molecule has 0 saturated carbocycles. The van der Waals surface area contributed by atoms with Gasteiger partial charge in [-0.3, -0.25) is 9.36 Å². The molecule has 180 valence electrons. The predicted octanol–water partition coefficient (Wildman–Crippen LogP) is 3.80. The van der Waals surface area contributed by atoms with E-state index in [2.05, 4.69) is 10.4 Å². The minimum atomic E-state index is -0.982. The van der Waals surface area contributed by atoms with Gasteiger partial charge in [-0.15, -0.1) is 5.10 Å². The first-order valence-corrected chi connectivity index (χ1v) is 10.8. The van der Waals surface area contributed by atoms with Crippen LogP contribution in [0.3, 0.4) is 0 Å². The minimum Gasteiger partial charge on any atom is -0.490 e. The second kappa shape index (κ2) is 9.72. The molecule has 11 heteroatoms. The highest BCUT2D eigenvalue weighted by Crippen LogP contribution is 2.29. The van der Waals surface area contributed by atoms with E-state index in [4.69, 9.17) is 9.47 Å². The monoisotopic (exact) mass is 476 g/mol. The zero-order valence-electron chi connectivity index (χ0n) is 18.6. The molecule has 8 nitrogen and oxygen atoms in total. The summed E-state index contributed by atoms with van der Waals surface area (Å²) in [7, 11) is 0. The van der Waals surface area contributed by atoms with Crippen molar-refractivity contribution in [2.75, 3.05) is 11.9 Å². The van der Waals surface area contributed by atoms with Gasteiger partial charge in [0, 0.05) is 6.07 Å². The molecule has 0 aliphatic carbocycles. The van der Waals surface area contributed by atoms with E-state index in [0.29, 0.717) is 18.9 Å². The van der Waals surface area contributed by atoms with Crippen LogP contribution in [0.15, 0.2) is 35.1 Å². The highest BCUT2D eigenvalue weighted by Gasteiger charge is 2.25. The molecule has 1 atom stereocenters. The summed E-state index contributed by atoms with van der Waals surface area (Å²) in [5.74, 6) is -3.59. The predicted molar refractivity (Wildman–Crippen MR) is 117 cm³/mol. The number of rotatable bonds is 7. The summed E-state index contributed by atoms with van der Waals surface area (Å²) in [6.45, 7) is 4.43. The quantitative estimate of drug-likeness (QED) is 0.561. The number of ether oxygens (including phenoxy) is 2. The fourth-order valence-corrected chi connectivity index (χ4v) is 3.70. The van der Waals surface area contributed by atoms with Crippen LogP contribution in [0.25, 0.3) is 5.69 Å². The van der Waals surface area contributed by atoms with Crippen LogP contribution in [0, 0.1) is 17.5 Å². The van der Waals surface area contributed by atoms with E-state index >= 15 is 4.39 Å². The normalized spacial score (nSPS) is 13.9. The first-order valence-electron chi connectivity index (χ1n) is 10.8. The number of carbonyl (C=O) groups is 1. The van der Waals surface area contributed by atoms with Gasteiger partial charge < -0.3 is 14.8 Å². The van der Waals surface area contributed by atoms with E-state index in [-0.39, 0.29) is 36.3 Å². The lowest BCUT2D eigenvalue weighted by molar-refractivity contribution is 0.0805. The van der Waals surface area contributed by atoms with Crippen LogP contribution in [0.2, 0.25) is 0 Å². The molecule has 0 spiro atoms. The summed E-state index contributed by atoms with van der Waals surface area (Å²) in [5, 5.41) is 6.29. The topological polar surface area (TPSA) is 87.4 Å². The summed E-state index contributed by atoms with van der Waals surface area (Å²) < 4.78 is 56.7. The molecule has 34 heavy (non-hydrogen) atoms. The molecule has 1 aliphatic heterocycles. The Kier molecular flexibility index (Phi) is 6.73. The summed E-state index contributed by atoms with van der Waals surface area (Å²) in [5.41, 5.74) is -1.73. The Hall–Kier alpha value is -3.60. The third-order valence-corrected chi connectivity index (χ3v) is 5.38. The SMILES string of the molecule is CCC[C@H](C)Oc1cc(-n2nc3n(c2=O)CCOC3)c(F)cc1C(=O)Nc1c(F)cccc1F. The van der Waals surface area contributed by atoms with E-state index < -0.39 is 34.7 Å². The van der Waals surface area contributed by atoms with Crippen molar-refractivity contribution in [3.05, 3.63) is 69.7 Å². The van der Waals surface area contributed by atoms with Crippen molar-refractivity contribution >= 4 is 11.6 Å². The highest BCUT2D eigenvalue weighted by molar-refractivity contribution is 6.06. The number of amides is 1. The fraction of sp³-hybridized carbons (Fsp3) is 0.348. The zero-order chi connectivity index (χ0) is 24.4. The van der Waals surface area contributed by atoms with Gasteiger partial charge >= 0.3 is 5.69 Å². The average molecular weight is 476 g/mol. The van der Waals surface area contributed by atoms with E-state index in [1.165, 1.54) is 10.6 Å². The van der Waals surface area contributed by atoms with Crippen molar-refractivity contribution < 1.29 is 27.4 Å². The Morgan fingerprint density at radius 1 is 1.24 bits per heavy atom. The first kappa shape index (κ1) is 23.6. The molecule has 0 radical (unpaired) electrons. The van der Waals surface area contributed by atoms with Crippen LogP contribution in [0.5, 0.6) is 5.75 Å². The highest BCUT2D eigenvalue weighted by atomic mass is 19.1. The number of para-hydroxylation sites is 1. The molecule has 1 amide bonds. The van der Waals surface area contributed by atoms with Crippen molar-refractivity contribution in [1.82, 2.24) is 14.3 Å². The maximum atomic E-state index is 15.2. The Bertz CT molecular complexity index is 1270. The molecule has 1 N–H and O–H groups in total. The molecule has 0 fully saturated rings. The van der Waals surface area contributed by atoms with Gasteiger partial charge in [0.15, 0.2) is 5.82 Å². The number of aromatic nitrogens is 3. The van der Waals surface area contributed by atoms with Crippen LogP contribution in [-0.2, 0) is 17.9 Å². The number of benzene rings is 2. The van der Waals surface area contributed by atoms with Crippen molar-refractivity contribution in [1.29, 1.82) is 0 Å². The van der Waals surface area contributed by atoms with Crippen molar-refractivity contribution in [2.45, 2.75) is 45.9 Å². The van der Waals surface area contributed by atoms with Gasteiger partial charge in [-0.25, -0.2) is 18.0 Å². The van der Waals surface area contributed by atoms with Gasteiger partial charge in [0.1, 0.15) is 41.2 Å². The van der Waals surface area contributed by atoms with Crippen LogP contribution in [-0.4, -0.2) is 33.0 Å². The molecule has 1 aromatic heterocycles. The molecular weight excluding hydrogens is 453 g/mol. The first-order chi connectivity index (χ1) is 16.3. The molecule has 0 bridgehead atoms. The number of hydrogen-bond acceptors (Lipinski definition) is 5. The second-order valence-corrected chi connectivity index (χ2v) is 7.88. The van der Waals surface area contributed by atoms with Crippen LogP contribution < -0.4 is 15.7 Å². The Morgan fingerprint density at radius 2 is 1.97 bits per heavy atom. The van der Waals surface area contributed by atoms with Gasteiger partial charge in [0.05, 0.1) is 24.8 Å². The van der Waals surface area contributed by atoms with Gasteiger partial charge in [-0.2, -0.15) is 4.68 Å². The largest absolute Gasteiger partial charge is 0.490 e. The lowest BCUT2D eigenvalue weighted by atomic mass is 10.1. The Balaban J connectivity index is 1.78. The lowest BCUT2D eigenvalue weighted by Crippen LogP contribution is -2.29. The van der Waals surface area contributed by atoms with Crippen molar-refractivity contribution in [2.24, 2.45) is 0 Å². The lowest BCUT2D eigenvalue weighted by Gasteiger charge is -2.18. The minimum absolute atomic E-state index is 0.0549. The number of hydrogen-bond donors (Lipinski definition) is 1. The number of nitrogens with one attached hydrogen (secondary N) is 1. The number of fused-ring (bicyclic) bond motifs is 1. The van der Waals surface area contributed by atoms with Crippen LogP contribution >= 0.6 is 0 Å². The molecule has 1 aliphatic rings. The van der Waals surface area contributed by atoms with E-state index in [9.17, 15) is 18.4 Å². The number of carbonyl (C=O) groups excluding carboxylic acids is 1. The third-order valence-electron chi connectivity index (χ3n) is 5.38. The number of nitrogens with zero attached hydrogens (tertiary/aromatic N) is 3. The smallest absolute Gasteiger partial charge is 0.350 e. The second-order valence-electron chi connectivity index (χ2n) is 7.88. The van der Waals surface area contributed by atoms with Gasteiger partial charge in [-0.05, 0) is 31.5 Å². The third kappa shape index (κ3) is 4.56. The molecule has 0 saturated heterocycles. The standard InChI is InChI=1S/C23H23F3N4O4/c1-3-5-13(2)34-19-11-18(30-23(32)29-8-9-33-12-20(29)28-30)17(26)10-14(19)22(31)27-21-15(24)6-4-7-16(21)25/h4,6-7,10-11,13H,3,5,8-9,12H2,1-2H3,(H,27,31)/t13-/m0/s1. The van der Waals surface area contributed by atoms with E-state index in [0.717, 1.165) is 35.4 Å². The Morgan fingerprint density at radius 3 is 2.65 bits per heavy atom. The summed E-state index contributed by atoms with van der Waals surface area (Å²) in [6, 6.07) is 5.18. The molecule has 4 rings (SSSR count). The summed E-state index contributed by atoms with van der Waals surface area (Å²) in [6.07, 6.45) is 1.05. The number of halogens is 3. The number of anilines is 1. The van der Waals surface area contributed by atoms with Gasteiger partial charge in [0.2, 0.25) is 0 Å². The maximum absolute atomic E-state index is 15.2. The molecular formula is C23H23F3N4O4.